The summed E-state index contributed by atoms with van der Waals surface area (Å²) >= 11 is 0. The van der Waals surface area contributed by atoms with E-state index < -0.39 is 11.9 Å². The fourth-order valence-electron chi connectivity index (χ4n) is 1.92. The van der Waals surface area contributed by atoms with Gasteiger partial charge in [-0.3, -0.25) is 0 Å². The highest BCUT2D eigenvalue weighted by atomic mass is 16.4. The maximum Gasteiger partial charge on any atom is 0.335 e. The van der Waals surface area contributed by atoms with Gasteiger partial charge in [-0.1, -0.05) is 25.8 Å². The molecule has 0 aromatic rings. The molecule has 4 heteroatoms. The molecule has 1 aliphatic carbocycles. The fraction of sp³-hybridized carbons (Fsp3) is 0.429. The molecule has 0 amide bonds. The highest BCUT2D eigenvalue weighted by molar-refractivity contribution is 5.99. The highest BCUT2D eigenvalue weighted by Gasteiger charge is 2.23. The Balaban J connectivity index is 3.06. The van der Waals surface area contributed by atoms with Crippen LogP contribution < -0.4 is 0 Å². The van der Waals surface area contributed by atoms with Gasteiger partial charge in [-0.15, -0.1) is 0 Å². The van der Waals surface area contributed by atoms with E-state index in [9.17, 15) is 9.59 Å². The molecule has 0 saturated carbocycles. The largest absolute Gasteiger partial charge is 0.478 e. The molecule has 0 unspecified atom stereocenters. The van der Waals surface area contributed by atoms with Crippen molar-refractivity contribution in [2.45, 2.75) is 39.5 Å². The molecule has 0 heterocycles. The Morgan fingerprint density at radius 3 is 2.50 bits per heavy atom. The van der Waals surface area contributed by atoms with Gasteiger partial charge in [-0.05, 0) is 30.6 Å². The maximum atomic E-state index is 11.1. The van der Waals surface area contributed by atoms with E-state index in [-0.39, 0.29) is 11.1 Å². The summed E-state index contributed by atoms with van der Waals surface area (Å²) in [5.74, 6) is -2.12. The summed E-state index contributed by atoms with van der Waals surface area (Å²) in [6, 6.07) is 0. The van der Waals surface area contributed by atoms with Crippen LogP contribution in [0, 0.1) is 0 Å². The first-order valence-corrected chi connectivity index (χ1v) is 6.04. The normalized spacial score (nSPS) is 17.9. The standard InChI is InChI=1S/C14H18O4/c1-3-4-5-6-10-7-11(13(15)16)9(2)12(8-10)14(17)18/h6-7H,3-5,8H2,1-2H3,(H,15,16)(H,17,18). The molecule has 0 spiro atoms. The summed E-state index contributed by atoms with van der Waals surface area (Å²) in [4.78, 5) is 22.2. The zero-order valence-corrected chi connectivity index (χ0v) is 10.7. The molecular weight excluding hydrogens is 232 g/mol. The Bertz CT molecular complexity index is 452. The Morgan fingerprint density at radius 1 is 1.33 bits per heavy atom. The molecule has 2 N–H and O–H groups in total. The van der Waals surface area contributed by atoms with Gasteiger partial charge in [0.05, 0.1) is 5.57 Å². The van der Waals surface area contributed by atoms with Gasteiger partial charge < -0.3 is 10.2 Å². The minimum atomic E-state index is -1.08. The van der Waals surface area contributed by atoms with Crippen LogP contribution in [-0.2, 0) is 9.59 Å². The minimum absolute atomic E-state index is 0.0846. The molecule has 0 fully saturated rings. The third-order valence-electron chi connectivity index (χ3n) is 3.02. The van der Waals surface area contributed by atoms with Gasteiger partial charge in [-0.2, -0.15) is 0 Å². The maximum absolute atomic E-state index is 11.1. The van der Waals surface area contributed by atoms with Gasteiger partial charge in [0.1, 0.15) is 0 Å². The van der Waals surface area contributed by atoms with Crippen LogP contribution in [0.5, 0.6) is 0 Å². The monoisotopic (exact) mass is 250 g/mol. The van der Waals surface area contributed by atoms with Crippen molar-refractivity contribution in [3.63, 3.8) is 0 Å². The lowest BCUT2D eigenvalue weighted by molar-refractivity contribution is -0.132. The van der Waals surface area contributed by atoms with E-state index in [1.54, 1.807) is 13.0 Å². The molecule has 0 aromatic carbocycles. The lowest BCUT2D eigenvalue weighted by Crippen LogP contribution is -2.14. The third kappa shape index (κ3) is 3.32. The van der Waals surface area contributed by atoms with E-state index in [0.29, 0.717) is 12.0 Å². The predicted molar refractivity (Wildman–Crippen MR) is 68.3 cm³/mol. The first kappa shape index (κ1) is 14.2. The Hall–Kier alpha value is -1.84. The van der Waals surface area contributed by atoms with Gasteiger partial charge in [0.25, 0.3) is 0 Å². The van der Waals surface area contributed by atoms with Crippen molar-refractivity contribution in [1.29, 1.82) is 0 Å². The van der Waals surface area contributed by atoms with E-state index >= 15 is 0 Å². The van der Waals surface area contributed by atoms with Crippen LogP contribution in [0.1, 0.15) is 39.5 Å². The van der Waals surface area contributed by atoms with Crippen LogP contribution in [0.25, 0.3) is 0 Å². The molecule has 98 valence electrons. The second-order valence-electron chi connectivity index (χ2n) is 4.37. The number of hydrogen-bond acceptors (Lipinski definition) is 2. The lowest BCUT2D eigenvalue weighted by atomic mass is 9.88. The van der Waals surface area contributed by atoms with E-state index in [4.69, 9.17) is 10.2 Å². The predicted octanol–water partition coefficient (Wildman–Crippen LogP) is 2.92. The first-order chi connectivity index (χ1) is 8.47. The molecule has 18 heavy (non-hydrogen) atoms. The average Bonchev–Trinajstić information content (AvgIpc) is 2.30. The van der Waals surface area contributed by atoms with Crippen molar-refractivity contribution in [2.75, 3.05) is 0 Å². The number of carboxylic acids is 2. The van der Waals surface area contributed by atoms with Gasteiger partial charge in [0.2, 0.25) is 0 Å². The molecule has 0 atom stereocenters. The number of unbranched alkanes of at least 4 members (excludes halogenated alkanes) is 2. The molecule has 0 bridgehead atoms. The van der Waals surface area contributed by atoms with Crippen molar-refractivity contribution < 1.29 is 19.8 Å². The van der Waals surface area contributed by atoms with Crippen LogP contribution in [0.4, 0.5) is 0 Å². The van der Waals surface area contributed by atoms with Crippen LogP contribution in [0.2, 0.25) is 0 Å². The fourth-order valence-corrected chi connectivity index (χ4v) is 1.92. The Labute approximate surface area is 106 Å². The number of hydrogen-bond donors (Lipinski definition) is 2. The third-order valence-corrected chi connectivity index (χ3v) is 3.02. The van der Waals surface area contributed by atoms with Gasteiger partial charge in [0.15, 0.2) is 0 Å². The van der Waals surface area contributed by atoms with Crippen LogP contribution >= 0.6 is 0 Å². The Kier molecular flexibility index (Phi) is 4.89. The second-order valence-corrected chi connectivity index (χ2v) is 4.37. The van der Waals surface area contributed by atoms with Crippen LogP contribution in [-0.4, -0.2) is 22.2 Å². The average molecular weight is 250 g/mol. The minimum Gasteiger partial charge on any atom is -0.478 e. The van der Waals surface area contributed by atoms with Crippen molar-refractivity contribution >= 4 is 11.9 Å². The summed E-state index contributed by atoms with van der Waals surface area (Å²) in [6.45, 7) is 3.62. The van der Waals surface area contributed by atoms with E-state index in [2.05, 4.69) is 6.92 Å². The summed E-state index contributed by atoms with van der Waals surface area (Å²) in [7, 11) is 0. The highest BCUT2D eigenvalue weighted by Crippen LogP contribution is 2.29. The number of allylic oxidation sites excluding steroid dienone is 3. The van der Waals surface area contributed by atoms with Crippen LogP contribution in [0.15, 0.2) is 34.4 Å². The summed E-state index contributed by atoms with van der Waals surface area (Å²) in [6.07, 6.45) is 6.75. The smallest absolute Gasteiger partial charge is 0.335 e. The zero-order chi connectivity index (χ0) is 13.7. The number of aliphatic carboxylic acids is 2. The van der Waals surface area contributed by atoms with Crippen molar-refractivity contribution in [1.82, 2.24) is 0 Å². The van der Waals surface area contributed by atoms with Crippen LogP contribution in [0.3, 0.4) is 0 Å². The van der Waals surface area contributed by atoms with E-state index in [1.807, 2.05) is 6.08 Å². The number of carbonyl (C=O) groups is 2. The van der Waals surface area contributed by atoms with Crippen molar-refractivity contribution in [2.24, 2.45) is 0 Å². The molecule has 0 aliphatic heterocycles. The second kappa shape index (κ2) is 6.19. The van der Waals surface area contributed by atoms with E-state index in [1.165, 1.54) is 0 Å². The molecule has 0 aromatic heterocycles. The van der Waals surface area contributed by atoms with Gasteiger partial charge in [-0.25, -0.2) is 9.59 Å². The molecule has 0 radical (unpaired) electrons. The van der Waals surface area contributed by atoms with E-state index in [0.717, 1.165) is 24.8 Å². The molecule has 4 nitrogen and oxygen atoms in total. The number of carboxylic acid groups (broad SMARTS) is 2. The lowest BCUT2D eigenvalue weighted by Gasteiger charge is -2.16. The molecule has 1 rings (SSSR count). The SMILES string of the molecule is CCCCC=C1C=C(C(=O)O)C(C)=C(C(=O)O)C1. The van der Waals surface area contributed by atoms with Gasteiger partial charge >= 0.3 is 11.9 Å². The van der Waals surface area contributed by atoms with Crippen molar-refractivity contribution in [3.8, 4) is 0 Å². The molecule has 0 saturated heterocycles. The summed E-state index contributed by atoms with van der Waals surface area (Å²) < 4.78 is 0. The van der Waals surface area contributed by atoms with Crippen molar-refractivity contribution in [3.05, 3.63) is 34.4 Å². The topological polar surface area (TPSA) is 74.6 Å². The summed E-state index contributed by atoms with van der Waals surface area (Å²) in [5.41, 5.74) is 1.39. The quantitative estimate of drug-likeness (QED) is 0.736. The molecule has 1 aliphatic rings. The van der Waals surface area contributed by atoms with Gasteiger partial charge in [0, 0.05) is 12.0 Å². The molecular formula is C14H18O4. The Morgan fingerprint density at radius 2 is 2.00 bits per heavy atom. The number of rotatable bonds is 5. The summed E-state index contributed by atoms with van der Waals surface area (Å²) in [5, 5.41) is 18.2. The zero-order valence-electron chi connectivity index (χ0n) is 10.7. The first-order valence-electron chi connectivity index (χ1n) is 6.04.